The van der Waals surface area contributed by atoms with Gasteiger partial charge in [-0.25, -0.2) is 9.78 Å². The highest BCUT2D eigenvalue weighted by Gasteiger charge is 2.18. The lowest BCUT2D eigenvalue weighted by Crippen LogP contribution is -2.38. The summed E-state index contributed by atoms with van der Waals surface area (Å²) in [5.74, 6) is 0. The molecule has 0 aromatic carbocycles. The number of aryl methyl sites for hydroxylation is 2. The highest BCUT2D eigenvalue weighted by atomic mass is 16.2. The number of hydrogen-bond donors (Lipinski definition) is 0. The SMILES string of the molecule is CCCCN(C)c1c(CC)cnc2c1c(=O)n(C)c(=O)n2C. The number of pyridine rings is 1. The number of rotatable bonds is 5. The molecule has 0 amide bonds. The van der Waals surface area contributed by atoms with Crippen LogP contribution in [0.2, 0.25) is 0 Å². The van der Waals surface area contributed by atoms with Gasteiger partial charge in [-0.2, -0.15) is 0 Å². The number of nitrogens with zero attached hydrogens (tertiary/aromatic N) is 4. The van der Waals surface area contributed by atoms with Crippen molar-refractivity contribution in [3.63, 3.8) is 0 Å². The number of hydrogen-bond acceptors (Lipinski definition) is 4. The predicted molar refractivity (Wildman–Crippen MR) is 89.8 cm³/mol. The van der Waals surface area contributed by atoms with Crippen LogP contribution in [0.5, 0.6) is 0 Å². The van der Waals surface area contributed by atoms with E-state index in [4.69, 9.17) is 0 Å². The van der Waals surface area contributed by atoms with Gasteiger partial charge in [-0.15, -0.1) is 0 Å². The van der Waals surface area contributed by atoms with Crippen LogP contribution >= 0.6 is 0 Å². The third kappa shape index (κ3) is 2.53. The second-order valence-electron chi connectivity index (χ2n) is 5.67. The summed E-state index contributed by atoms with van der Waals surface area (Å²) in [5, 5.41) is 0.530. The van der Waals surface area contributed by atoms with E-state index in [0.29, 0.717) is 11.0 Å². The Labute approximate surface area is 130 Å². The topological polar surface area (TPSA) is 60.1 Å². The lowest BCUT2D eigenvalue weighted by atomic mass is 10.1. The zero-order chi connectivity index (χ0) is 16.4. The van der Waals surface area contributed by atoms with Gasteiger partial charge in [0.2, 0.25) is 0 Å². The first-order valence-electron chi connectivity index (χ1n) is 7.72. The highest BCUT2D eigenvalue weighted by molar-refractivity contribution is 5.90. The Bertz CT molecular complexity index is 804. The fraction of sp³-hybridized carbons (Fsp3) is 0.562. The smallest absolute Gasteiger partial charge is 0.332 e. The second kappa shape index (κ2) is 6.34. The van der Waals surface area contributed by atoms with Crippen molar-refractivity contribution in [3.05, 3.63) is 32.6 Å². The van der Waals surface area contributed by atoms with Gasteiger partial charge in [0.15, 0.2) is 5.65 Å². The monoisotopic (exact) mass is 304 g/mol. The van der Waals surface area contributed by atoms with Crippen molar-refractivity contribution in [1.82, 2.24) is 14.1 Å². The van der Waals surface area contributed by atoms with Gasteiger partial charge in [0.25, 0.3) is 5.56 Å². The lowest BCUT2D eigenvalue weighted by Gasteiger charge is -2.24. The van der Waals surface area contributed by atoms with Crippen LogP contribution in [-0.2, 0) is 20.5 Å². The van der Waals surface area contributed by atoms with Gasteiger partial charge in [0.05, 0.1) is 5.69 Å². The number of aromatic nitrogens is 3. The molecule has 0 saturated heterocycles. The van der Waals surface area contributed by atoms with E-state index in [0.717, 1.165) is 41.6 Å². The first-order chi connectivity index (χ1) is 10.4. The molecular weight excluding hydrogens is 280 g/mol. The van der Waals surface area contributed by atoms with E-state index in [1.54, 1.807) is 13.2 Å². The Kier molecular flexibility index (Phi) is 4.68. The summed E-state index contributed by atoms with van der Waals surface area (Å²) in [6.07, 6.45) is 4.71. The molecule has 0 aliphatic heterocycles. The Morgan fingerprint density at radius 3 is 2.45 bits per heavy atom. The minimum Gasteiger partial charge on any atom is -0.374 e. The molecule has 0 aliphatic carbocycles. The molecule has 6 heteroatoms. The van der Waals surface area contributed by atoms with Crippen molar-refractivity contribution in [2.24, 2.45) is 14.1 Å². The lowest BCUT2D eigenvalue weighted by molar-refractivity contribution is 0.705. The quantitative estimate of drug-likeness (QED) is 0.838. The average molecular weight is 304 g/mol. The highest BCUT2D eigenvalue weighted by Crippen LogP contribution is 2.26. The number of anilines is 1. The van der Waals surface area contributed by atoms with Crippen LogP contribution in [0.1, 0.15) is 32.3 Å². The molecule has 22 heavy (non-hydrogen) atoms. The third-order valence-electron chi connectivity index (χ3n) is 4.13. The molecule has 0 fully saturated rings. The summed E-state index contributed by atoms with van der Waals surface area (Å²) in [5.41, 5.74) is 1.75. The molecule has 0 unspecified atom stereocenters. The van der Waals surface area contributed by atoms with Crippen LogP contribution in [0.15, 0.2) is 15.8 Å². The molecule has 0 bridgehead atoms. The standard InChI is InChI=1S/C16H24N4O2/c1-6-8-9-18(3)13-11(7-2)10-17-14-12(13)15(21)20(5)16(22)19(14)4/h10H,6-9H2,1-5H3. The van der Waals surface area contributed by atoms with E-state index in [1.165, 1.54) is 11.6 Å². The Morgan fingerprint density at radius 1 is 1.18 bits per heavy atom. The summed E-state index contributed by atoms with van der Waals surface area (Å²) in [6, 6.07) is 0. The van der Waals surface area contributed by atoms with E-state index in [2.05, 4.69) is 16.8 Å². The fourth-order valence-electron chi connectivity index (χ4n) is 2.75. The zero-order valence-corrected chi connectivity index (χ0v) is 14.0. The predicted octanol–water partition coefficient (Wildman–Crippen LogP) is 1.43. The van der Waals surface area contributed by atoms with Crippen LogP contribution in [0.25, 0.3) is 11.0 Å². The van der Waals surface area contributed by atoms with Crippen molar-refractivity contribution >= 4 is 16.7 Å². The second-order valence-corrected chi connectivity index (χ2v) is 5.67. The summed E-state index contributed by atoms with van der Waals surface area (Å²) in [4.78, 5) is 31.2. The van der Waals surface area contributed by atoms with Crippen LogP contribution in [-0.4, -0.2) is 27.7 Å². The summed E-state index contributed by atoms with van der Waals surface area (Å²) in [6.45, 7) is 5.06. The third-order valence-corrected chi connectivity index (χ3v) is 4.13. The molecule has 6 nitrogen and oxygen atoms in total. The van der Waals surface area contributed by atoms with Crippen LogP contribution in [0, 0.1) is 0 Å². The van der Waals surface area contributed by atoms with Gasteiger partial charge in [-0.1, -0.05) is 20.3 Å². The number of fused-ring (bicyclic) bond motifs is 1. The summed E-state index contributed by atoms with van der Waals surface area (Å²) in [7, 11) is 5.16. The largest absolute Gasteiger partial charge is 0.374 e. The average Bonchev–Trinajstić information content (AvgIpc) is 2.54. The minimum atomic E-state index is -0.351. The van der Waals surface area contributed by atoms with E-state index in [9.17, 15) is 9.59 Å². The molecule has 120 valence electrons. The Hall–Kier alpha value is -2.11. The van der Waals surface area contributed by atoms with Crippen molar-refractivity contribution in [2.75, 3.05) is 18.5 Å². The van der Waals surface area contributed by atoms with Gasteiger partial charge in [0, 0.05) is 33.9 Å². The van der Waals surface area contributed by atoms with Gasteiger partial charge < -0.3 is 4.90 Å². The van der Waals surface area contributed by atoms with E-state index in [-0.39, 0.29) is 11.2 Å². The van der Waals surface area contributed by atoms with Gasteiger partial charge >= 0.3 is 5.69 Å². The van der Waals surface area contributed by atoms with Crippen LogP contribution in [0.3, 0.4) is 0 Å². The molecule has 0 aliphatic rings. The zero-order valence-electron chi connectivity index (χ0n) is 14.0. The van der Waals surface area contributed by atoms with E-state index < -0.39 is 0 Å². The maximum atomic E-state index is 12.7. The molecule has 0 saturated carbocycles. The summed E-state index contributed by atoms with van der Waals surface area (Å²) < 4.78 is 2.59. The first kappa shape index (κ1) is 16.3. The van der Waals surface area contributed by atoms with Crippen molar-refractivity contribution < 1.29 is 0 Å². The minimum absolute atomic E-state index is 0.278. The van der Waals surface area contributed by atoms with E-state index >= 15 is 0 Å². The molecule has 0 atom stereocenters. The van der Waals surface area contributed by atoms with Crippen LogP contribution < -0.4 is 16.1 Å². The fourth-order valence-corrected chi connectivity index (χ4v) is 2.75. The number of unbranched alkanes of at least 4 members (excludes halogenated alkanes) is 1. The maximum Gasteiger partial charge on any atom is 0.332 e. The molecule has 2 rings (SSSR count). The van der Waals surface area contributed by atoms with Crippen LogP contribution in [0.4, 0.5) is 5.69 Å². The molecule has 0 radical (unpaired) electrons. The molecule has 2 heterocycles. The molecule has 2 aromatic heterocycles. The van der Waals surface area contributed by atoms with Crippen molar-refractivity contribution in [1.29, 1.82) is 0 Å². The Balaban J connectivity index is 2.87. The molecular formula is C16H24N4O2. The van der Waals surface area contributed by atoms with Gasteiger partial charge in [-0.05, 0) is 18.4 Å². The summed E-state index contributed by atoms with van der Waals surface area (Å²) >= 11 is 0. The van der Waals surface area contributed by atoms with Gasteiger partial charge in [0.1, 0.15) is 5.39 Å². The maximum absolute atomic E-state index is 12.7. The first-order valence-corrected chi connectivity index (χ1v) is 7.72. The van der Waals surface area contributed by atoms with Crippen molar-refractivity contribution in [3.8, 4) is 0 Å². The Morgan fingerprint density at radius 2 is 1.86 bits per heavy atom. The molecule has 0 N–H and O–H groups in total. The van der Waals surface area contributed by atoms with Crippen molar-refractivity contribution in [2.45, 2.75) is 33.1 Å². The van der Waals surface area contributed by atoms with E-state index in [1.807, 2.05) is 14.0 Å². The molecule has 2 aromatic rings. The molecule has 0 spiro atoms. The van der Waals surface area contributed by atoms with Gasteiger partial charge in [-0.3, -0.25) is 13.9 Å². The normalized spacial score (nSPS) is 11.1.